The van der Waals surface area contributed by atoms with Gasteiger partial charge in [-0.05, 0) is 42.8 Å². The first-order chi connectivity index (χ1) is 17.0. The van der Waals surface area contributed by atoms with Crippen molar-refractivity contribution < 1.29 is 24.1 Å². The number of rotatable bonds is 7. The van der Waals surface area contributed by atoms with Crippen molar-refractivity contribution in [1.29, 1.82) is 0 Å². The summed E-state index contributed by atoms with van der Waals surface area (Å²) in [7, 11) is 3.20. The molecular weight excluding hydrogens is 472 g/mol. The van der Waals surface area contributed by atoms with Crippen molar-refractivity contribution >= 4 is 17.6 Å². The van der Waals surface area contributed by atoms with E-state index in [9.17, 15) is 4.79 Å². The van der Waals surface area contributed by atoms with Gasteiger partial charge in [-0.2, -0.15) is 0 Å². The van der Waals surface area contributed by atoms with Crippen LogP contribution in [0, 0.1) is 0 Å². The average Bonchev–Trinajstić information content (AvgIpc) is 3.52. The Balaban J connectivity index is 1.59. The molecule has 180 valence electrons. The summed E-state index contributed by atoms with van der Waals surface area (Å²) in [5.74, 6) is 0.0633. The molecule has 1 aliphatic rings. The normalized spacial score (nSPS) is 16.8. The number of para-hydroxylation sites is 1. The number of nitrogens with zero attached hydrogens (tertiary/aromatic N) is 4. The summed E-state index contributed by atoms with van der Waals surface area (Å²) < 4.78 is 21.7. The molecule has 0 saturated carbocycles. The van der Waals surface area contributed by atoms with Gasteiger partial charge in [0.25, 0.3) is 0 Å². The summed E-state index contributed by atoms with van der Waals surface area (Å²) >= 11 is 6.43. The summed E-state index contributed by atoms with van der Waals surface area (Å²) in [5, 5.41) is 17.4. The highest BCUT2D eigenvalue weighted by atomic mass is 35.5. The summed E-state index contributed by atoms with van der Waals surface area (Å²) in [4.78, 5) is 11.2. The van der Waals surface area contributed by atoms with Crippen molar-refractivity contribution in [2.75, 3.05) is 14.2 Å². The predicted molar refractivity (Wildman–Crippen MR) is 128 cm³/mol. The molecule has 1 N–H and O–H groups in total. The smallest absolute Gasteiger partial charge is 0.358 e. The Labute approximate surface area is 206 Å². The van der Waals surface area contributed by atoms with Crippen LogP contribution in [0.5, 0.6) is 11.5 Å². The Bertz CT molecular complexity index is 1380. The van der Waals surface area contributed by atoms with E-state index in [1.54, 1.807) is 14.2 Å². The highest BCUT2D eigenvalue weighted by Crippen LogP contribution is 2.46. The Morgan fingerprint density at radius 2 is 2.00 bits per heavy atom. The zero-order chi connectivity index (χ0) is 24.5. The monoisotopic (exact) mass is 494 g/mol. The minimum Gasteiger partial charge on any atom is -0.493 e. The number of carbonyl (C=O) groups is 1. The van der Waals surface area contributed by atoms with Crippen molar-refractivity contribution in [2.45, 2.75) is 25.2 Å². The molecule has 0 saturated heterocycles. The van der Waals surface area contributed by atoms with E-state index >= 15 is 0 Å². The lowest BCUT2D eigenvalue weighted by atomic mass is 9.98. The van der Waals surface area contributed by atoms with Crippen LogP contribution >= 0.6 is 11.6 Å². The maximum Gasteiger partial charge on any atom is 0.358 e. The van der Waals surface area contributed by atoms with Crippen LogP contribution < -0.4 is 9.47 Å². The molecule has 0 bridgehead atoms. The second-order valence-electron chi connectivity index (χ2n) is 8.05. The Hall–Kier alpha value is -3.82. The minimum atomic E-state index is -1.12. The molecule has 1 aliphatic heterocycles. The molecule has 0 fully saturated rings. The van der Waals surface area contributed by atoms with Crippen LogP contribution in [0.15, 0.2) is 60.9 Å². The van der Waals surface area contributed by atoms with Gasteiger partial charge in [-0.1, -0.05) is 28.9 Å². The van der Waals surface area contributed by atoms with Gasteiger partial charge in [0.2, 0.25) is 0 Å². The fraction of sp³-hybridized carbons (Fsp3) is 0.240. The van der Waals surface area contributed by atoms with Crippen LogP contribution in [-0.2, 0) is 11.3 Å². The van der Waals surface area contributed by atoms with E-state index in [4.69, 9.17) is 30.9 Å². The van der Waals surface area contributed by atoms with E-state index in [1.165, 1.54) is 10.9 Å². The Morgan fingerprint density at radius 1 is 1.14 bits per heavy atom. The van der Waals surface area contributed by atoms with Crippen molar-refractivity contribution in [1.82, 2.24) is 19.6 Å². The molecule has 2 atom stereocenters. The molecule has 0 aliphatic carbocycles. The number of aromatic carboxylic acids is 1. The number of aromatic nitrogens is 4. The lowest BCUT2D eigenvalue weighted by Gasteiger charge is -2.25. The number of hydrogen-bond donors (Lipinski definition) is 1. The fourth-order valence-electron chi connectivity index (χ4n) is 4.47. The van der Waals surface area contributed by atoms with E-state index in [-0.39, 0.29) is 11.8 Å². The number of carboxylic acid groups (broad SMARTS) is 1. The van der Waals surface area contributed by atoms with Gasteiger partial charge < -0.3 is 23.9 Å². The molecule has 35 heavy (non-hydrogen) atoms. The SMILES string of the molecule is COc1cccc([C@H]2O[C@H](CCn3cc(C(=O)O)nn3)c3cccn3-c3ccc(Cl)cc32)c1OC. The van der Waals surface area contributed by atoms with Crippen LogP contribution in [0.2, 0.25) is 5.02 Å². The van der Waals surface area contributed by atoms with Gasteiger partial charge in [0, 0.05) is 28.9 Å². The summed E-state index contributed by atoms with van der Waals surface area (Å²) in [6.45, 7) is 0.412. The largest absolute Gasteiger partial charge is 0.493 e. The quantitative estimate of drug-likeness (QED) is 0.397. The maximum atomic E-state index is 11.2. The number of halogens is 1. The second-order valence-corrected chi connectivity index (χ2v) is 8.49. The highest BCUT2D eigenvalue weighted by Gasteiger charge is 2.33. The standard InChI is InChI=1S/C25H23ClN4O5/c1-33-22-7-3-5-16(24(22)34-2)23-17-13-15(26)8-9-19(17)30-11-4-6-20(30)21(35-23)10-12-29-14-18(25(31)32)27-28-29/h3-9,11,13-14,21,23H,10,12H2,1-2H3,(H,31,32)/t21-,23-/m1/s1. The van der Waals surface area contributed by atoms with E-state index in [0.29, 0.717) is 29.5 Å². The number of benzene rings is 2. The first-order valence-corrected chi connectivity index (χ1v) is 11.3. The summed E-state index contributed by atoms with van der Waals surface area (Å²) in [5.41, 5.74) is 3.49. The van der Waals surface area contributed by atoms with E-state index in [2.05, 4.69) is 14.9 Å². The lowest BCUT2D eigenvalue weighted by Crippen LogP contribution is -2.14. The second kappa shape index (κ2) is 9.44. The molecule has 4 aromatic rings. The van der Waals surface area contributed by atoms with Crippen molar-refractivity contribution in [3.8, 4) is 17.2 Å². The molecular formula is C25H23ClN4O5. The third-order valence-corrected chi connectivity index (χ3v) is 6.27. The number of hydrogen-bond acceptors (Lipinski definition) is 6. The van der Waals surface area contributed by atoms with E-state index in [1.807, 2.05) is 54.7 Å². The van der Waals surface area contributed by atoms with Crippen LogP contribution in [-0.4, -0.2) is 44.9 Å². The maximum absolute atomic E-state index is 11.2. The van der Waals surface area contributed by atoms with Gasteiger partial charge >= 0.3 is 5.97 Å². The minimum absolute atomic E-state index is 0.101. The molecule has 3 heterocycles. The molecule has 0 amide bonds. The zero-order valence-electron chi connectivity index (χ0n) is 19.1. The number of ether oxygens (including phenoxy) is 3. The first-order valence-electron chi connectivity index (χ1n) is 11.0. The van der Waals surface area contributed by atoms with Crippen molar-refractivity contribution in [2.24, 2.45) is 0 Å². The summed E-state index contributed by atoms with van der Waals surface area (Å²) in [6, 6.07) is 15.4. The Morgan fingerprint density at radius 3 is 2.74 bits per heavy atom. The average molecular weight is 495 g/mol. The first kappa shape index (κ1) is 22.9. The molecule has 0 radical (unpaired) electrons. The lowest BCUT2D eigenvalue weighted by molar-refractivity contribution is -0.00174. The van der Waals surface area contributed by atoms with Gasteiger partial charge in [-0.3, -0.25) is 4.68 Å². The van der Waals surface area contributed by atoms with Gasteiger partial charge in [0.05, 0.1) is 31.8 Å². The van der Waals surface area contributed by atoms with E-state index in [0.717, 1.165) is 22.5 Å². The molecule has 2 aromatic heterocycles. The molecule has 2 aromatic carbocycles. The van der Waals surface area contributed by atoms with Crippen LogP contribution in [0.4, 0.5) is 0 Å². The molecule has 0 unspecified atom stereocenters. The molecule has 0 spiro atoms. The fourth-order valence-corrected chi connectivity index (χ4v) is 4.65. The zero-order valence-corrected chi connectivity index (χ0v) is 19.8. The van der Waals surface area contributed by atoms with Gasteiger partial charge in [-0.25, -0.2) is 4.79 Å². The van der Waals surface area contributed by atoms with Crippen LogP contribution in [0.3, 0.4) is 0 Å². The molecule has 9 nitrogen and oxygen atoms in total. The number of aryl methyl sites for hydroxylation is 1. The van der Waals surface area contributed by atoms with Gasteiger partial charge in [-0.15, -0.1) is 5.10 Å². The molecule has 5 rings (SSSR count). The number of methoxy groups -OCH3 is 2. The third-order valence-electron chi connectivity index (χ3n) is 6.04. The number of fused-ring (bicyclic) bond motifs is 3. The third kappa shape index (κ3) is 4.24. The summed E-state index contributed by atoms with van der Waals surface area (Å²) in [6.07, 6.45) is 3.06. The Kier molecular flexibility index (Phi) is 6.19. The van der Waals surface area contributed by atoms with E-state index < -0.39 is 12.1 Å². The molecule has 10 heteroatoms. The highest BCUT2D eigenvalue weighted by molar-refractivity contribution is 6.30. The van der Waals surface area contributed by atoms with Gasteiger partial charge in [0.1, 0.15) is 12.2 Å². The van der Waals surface area contributed by atoms with Gasteiger partial charge in [0.15, 0.2) is 17.2 Å². The van der Waals surface area contributed by atoms with Crippen molar-refractivity contribution in [3.05, 3.63) is 88.5 Å². The van der Waals surface area contributed by atoms with Crippen LogP contribution in [0.25, 0.3) is 5.69 Å². The topological polar surface area (TPSA) is 101 Å². The predicted octanol–water partition coefficient (Wildman–Crippen LogP) is 4.69. The number of carboxylic acids is 1. The van der Waals surface area contributed by atoms with Crippen LogP contribution in [0.1, 0.15) is 45.9 Å². The van der Waals surface area contributed by atoms with Crippen molar-refractivity contribution in [3.63, 3.8) is 0 Å².